The molecule has 1 fully saturated rings. The molecular formula is C34H53N5O6. The number of likely N-dealkylation sites (tertiary alicyclic amines) is 1. The highest BCUT2D eigenvalue weighted by Gasteiger charge is 2.47. The number of methoxy groups -OCH3 is 1. The van der Waals surface area contributed by atoms with Crippen molar-refractivity contribution in [2.45, 2.75) is 97.5 Å². The number of carbonyl (C=O) groups excluding carboxylic acids is 4. The first kappa shape index (κ1) is 35.9. The standard InChI is InChI=1S/C34H53N5O6/c1-10-20(4)27-31(40)35-17-15-23-19-24(13-14-25(23)44-9)45-26-16-18-39(30(26)33(42)36-27)34(43)28(21(5)11-2)37-32(41)29(38(7)8)22(6)12-3/h13-15,17,19-22,26-30H,10-12,16,18H2,1-9H3,(H,35,40)(H,36,42)(H,37,41)/b17-15+/t20-,21-,22-,26-,27-,28-,29-,30-/m0/s1. The molecule has 8 atom stereocenters. The molecule has 0 spiro atoms. The van der Waals surface area contributed by atoms with Crippen LogP contribution in [-0.2, 0) is 19.2 Å². The van der Waals surface area contributed by atoms with E-state index in [1.807, 2.05) is 60.5 Å². The molecule has 4 amide bonds. The number of benzene rings is 1. The van der Waals surface area contributed by atoms with Gasteiger partial charge in [0.15, 0.2) is 0 Å². The zero-order valence-corrected chi connectivity index (χ0v) is 28.4. The lowest BCUT2D eigenvalue weighted by Gasteiger charge is -2.35. The minimum absolute atomic E-state index is 0.0749. The van der Waals surface area contributed by atoms with Gasteiger partial charge in [0, 0.05) is 24.7 Å². The van der Waals surface area contributed by atoms with Gasteiger partial charge in [0.25, 0.3) is 0 Å². The first-order chi connectivity index (χ1) is 21.4. The second-order valence-corrected chi connectivity index (χ2v) is 12.7. The number of amides is 4. The fraction of sp³-hybridized carbons (Fsp3) is 0.647. The van der Waals surface area contributed by atoms with Gasteiger partial charge in [-0.3, -0.25) is 24.1 Å². The van der Waals surface area contributed by atoms with Crippen LogP contribution < -0.4 is 25.4 Å². The highest BCUT2D eigenvalue weighted by atomic mass is 16.5. The highest BCUT2D eigenvalue weighted by molar-refractivity contribution is 5.96. The van der Waals surface area contributed by atoms with Crippen LogP contribution >= 0.6 is 0 Å². The van der Waals surface area contributed by atoms with Crippen LogP contribution in [0.1, 0.15) is 72.8 Å². The molecule has 11 nitrogen and oxygen atoms in total. The van der Waals surface area contributed by atoms with Crippen LogP contribution in [0.5, 0.6) is 11.5 Å². The molecule has 250 valence electrons. The largest absolute Gasteiger partial charge is 0.496 e. The summed E-state index contributed by atoms with van der Waals surface area (Å²) in [6, 6.07) is 2.20. The smallest absolute Gasteiger partial charge is 0.247 e. The quantitative estimate of drug-likeness (QED) is 0.344. The number of carbonyl (C=O) groups is 4. The van der Waals surface area contributed by atoms with Crippen LogP contribution in [0.15, 0.2) is 24.4 Å². The van der Waals surface area contributed by atoms with E-state index in [0.717, 1.165) is 6.42 Å². The molecular weight excluding hydrogens is 574 g/mol. The topological polar surface area (TPSA) is 129 Å². The van der Waals surface area contributed by atoms with Gasteiger partial charge in [-0.25, -0.2) is 0 Å². The van der Waals surface area contributed by atoms with E-state index in [1.54, 1.807) is 31.4 Å². The average Bonchev–Trinajstić information content (AvgIpc) is 3.44. The van der Waals surface area contributed by atoms with Crippen molar-refractivity contribution < 1.29 is 28.7 Å². The third kappa shape index (κ3) is 8.36. The predicted molar refractivity (Wildman–Crippen MR) is 174 cm³/mol. The first-order valence-corrected chi connectivity index (χ1v) is 16.3. The Balaban J connectivity index is 2.03. The van der Waals surface area contributed by atoms with Gasteiger partial charge < -0.3 is 30.3 Å². The van der Waals surface area contributed by atoms with Gasteiger partial charge in [0.1, 0.15) is 35.7 Å². The SMILES string of the molecule is CC[C@H](C)[C@@H]1NC(=O)[C@@H]2[C@H](CCN2C(=O)[C@@H](NC(=O)[C@H]([C@@H](C)CC)N(C)C)[C@@H](C)CC)Oc2ccc(OC)c(c2)/C=C/NC1=O. The average molecular weight is 628 g/mol. The molecule has 0 aromatic heterocycles. The second kappa shape index (κ2) is 16.1. The molecule has 0 saturated carbocycles. The number of ether oxygens (including phenoxy) is 2. The molecule has 0 unspecified atom stereocenters. The number of nitrogens with zero attached hydrogens (tertiary/aromatic N) is 2. The minimum atomic E-state index is -1.02. The molecule has 0 radical (unpaired) electrons. The molecule has 3 N–H and O–H groups in total. The zero-order valence-electron chi connectivity index (χ0n) is 28.4. The number of likely N-dealkylation sites (N-methyl/N-ethyl adjacent to an activating group) is 1. The van der Waals surface area contributed by atoms with Crippen molar-refractivity contribution in [2.24, 2.45) is 17.8 Å². The van der Waals surface area contributed by atoms with Gasteiger partial charge in [-0.1, -0.05) is 60.8 Å². The van der Waals surface area contributed by atoms with Crippen molar-refractivity contribution in [2.75, 3.05) is 27.7 Å². The van der Waals surface area contributed by atoms with E-state index in [4.69, 9.17) is 9.47 Å². The summed E-state index contributed by atoms with van der Waals surface area (Å²) in [6.07, 6.45) is 5.07. The number of rotatable bonds is 11. The fourth-order valence-electron chi connectivity index (χ4n) is 6.11. The van der Waals surface area contributed by atoms with Crippen molar-refractivity contribution >= 4 is 29.7 Å². The van der Waals surface area contributed by atoms with Crippen molar-refractivity contribution in [1.29, 1.82) is 0 Å². The van der Waals surface area contributed by atoms with Crippen molar-refractivity contribution in [3.8, 4) is 11.5 Å². The van der Waals surface area contributed by atoms with Crippen molar-refractivity contribution in [3.05, 3.63) is 30.0 Å². The van der Waals surface area contributed by atoms with E-state index in [2.05, 4.69) is 16.0 Å². The predicted octanol–water partition coefficient (Wildman–Crippen LogP) is 3.18. The highest BCUT2D eigenvalue weighted by Crippen LogP contribution is 2.31. The summed E-state index contributed by atoms with van der Waals surface area (Å²) in [5.74, 6) is -0.573. The molecule has 2 heterocycles. The summed E-state index contributed by atoms with van der Waals surface area (Å²) in [7, 11) is 5.29. The molecule has 1 saturated heterocycles. The molecule has 45 heavy (non-hydrogen) atoms. The molecule has 1 aromatic rings. The first-order valence-electron chi connectivity index (χ1n) is 16.3. The Kier molecular flexibility index (Phi) is 12.8. The van der Waals surface area contributed by atoms with Crippen molar-refractivity contribution in [1.82, 2.24) is 25.8 Å². The lowest BCUT2D eigenvalue weighted by molar-refractivity contribution is -0.145. The van der Waals surface area contributed by atoms with E-state index in [1.165, 1.54) is 11.1 Å². The van der Waals surface area contributed by atoms with E-state index >= 15 is 0 Å². The third-order valence-electron chi connectivity index (χ3n) is 9.45. The van der Waals surface area contributed by atoms with Crippen LogP contribution in [0.2, 0.25) is 0 Å². The Morgan fingerprint density at radius 2 is 1.76 bits per heavy atom. The fourth-order valence-corrected chi connectivity index (χ4v) is 6.11. The summed E-state index contributed by atoms with van der Waals surface area (Å²) in [5.41, 5.74) is 0.688. The summed E-state index contributed by atoms with van der Waals surface area (Å²) < 4.78 is 11.9. The van der Waals surface area contributed by atoms with Crippen LogP contribution in [0.3, 0.4) is 0 Å². The maximum atomic E-state index is 14.4. The number of hydrogen-bond donors (Lipinski definition) is 3. The van der Waals surface area contributed by atoms with Crippen LogP contribution in [0, 0.1) is 17.8 Å². The van der Waals surface area contributed by atoms with Gasteiger partial charge in [-0.05, 0) is 56.1 Å². The van der Waals surface area contributed by atoms with E-state index in [-0.39, 0.29) is 42.0 Å². The molecule has 2 aliphatic heterocycles. The van der Waals surface area contributed by atoms with E-state index < -0.39 is 36.2 Å². The Hall–Kier alpha value is -3.60. The number of nitrogens with one attached hydrogen (secondary N) is 3. The van der Waals surface area contributed by atoms with E-state index in [9.17, 15) is 19.2 Å². The van der Waals surface area contributed by atoms with Gasteiger partial charge in [-0.15, -0.1) is 0 Å². The Labute approximate surface area is 268 Å². The lowest BCUT2D eigenvalue weighted by Crippen LogP contribution is -2.61. The molecule has 1 aromatic carbocycles. The van der Waals surface area contributed by atoms with Crippen LogP contribution in [0.4, 0.5) is 0 Å². The maximum absolute atomic E-state index is 14.4. The second-order valence-electron chi connectivity index (χ2n) is 12.7. The van der Waals surface area contributed by atoms with Crippen molar-refractivity contribution in [3.63, 3.8) is 0 Å². The summed E-state index contributed by atoms with van der Waals surface area (Å²) in [4.78, 5) is 58.9. The molecule has 2 bridgehead atoms. The summed E-state index contributed by atoms with van der Waals surface area (Å²) in [5, 5.41) is 8.80. The Morgan fingerprint density at radius 1 is 1.07 bits per heavy atom. The number of fused-ring (bicyclic) bond motifs is 3. The Morgan fingerprint density at radius 3 is 2.36 bits per heavy atom. The minimum Gasteiger partial charge on any atom is -0.496 e. The monoisotopic (exact) mass is 627 g/mol. The Bertz CT molecular complexity index is 1240. The van der Waals surface area contributed by atoms with Gasteiger partial charge in [0.2, 0.25) is 23.6 Å². The number of hydrogen-bond acceptors (Lipinski definition) is 7. The zero-order chi connectivity index (χ0) is 33.4. The van der Waals surface area contributed by atoms with Crippen LogP contribution in [-0.4, -0.2) is 91.4 Å². The summed E-state index contributed by atoms with van der Waals surface area (Å²) >= 11 is 0. The third-order valence-corrected chi connectivity index (χ3v) is 9.45. The van der Waals surface area contributed by atoms with Gasteiger partial charge >= 0.3 is 0 Å². The van der Waals surface area contributed by atoms with Crippen LogP contribution in [0.25, 0.3) is 6.08 Å². The summed E-state index contributed by atoms with van der Waals surface area (Å²) in [6.45, 7) is 12.1. The molecule has 0 aliphatic carbocycles. The maximum Gasteiger partial charge on any atom is 0.247 e. The molecule has 3 rings (SSSR count). The van der Waals surface area contributed by atoms with Gasteiger partial charge in [0.05, 0.1) is 13.2 Å². The molecule has 11 heteroatoms. The molecule has 2 aliphatic rings. The van der Waals surface area contributed by atoms with E-state index in [0.29, 0.717) is 36.3 Å². The normalized spacial score (nSPS) is 24.2. The lowest BCUT2D eigenvalue weighted by atomic mass is 9.94. The van der Waals surface area contributed by atoms with Gasteiger partial charge in [-0.2, -0.15) is 0 Å².